The van der Waals surface area contributed by atoms with E-state index >= 15 is 0 Å². The van der Waals surface area contributed by atoms with Crippen molar-refractivity contribution in [2.45, 2.75) is 71.1 Å². The zero-order valence-corrected chi connectivity index (χ0v) is 13.7. The van der Waals surface area contributed by atoms with E-state index in [1.54, 1.807) is 7.11 Å². The Balaban J connectivity index is 1.67. The highest BCUT2D eigenvalue weighted by Crippen LogP contribution is 2.42. The number of rotatable bonds is 6. The maximum atomic E-state index is 5.09. The Morgan fingerprint density at radius 1 is 0.900 bits per heavy atom. The zero-order valence-electron chi connectivity index (χ0n) is 13.7. The summed E-state index contributed by atoms with van der Waals surface area (Å²) in [4.78, 5) is 0. The molecule has 0 aromatic rings. The molecule has 1 nitrogen and oxygen atoms in total. The fraction of sp³-hybridized carbons (Fsp3) is 0.895. The van der Waals surface area contributed by atoms with Crippen molar-refractivity contribution in [1.29, 1.82) is 0 Å². The zero-order chi connectivity index (χ0) is 14.2. The molecule has 0 radical (unpaired) electrons. The van der Waals surface area contributed by atoms with Gasteiger partial charge in [0.25, 0.3) is 0 Å². The monoisotopic (exact) mass is 278 g/mol. The first-order valence-electron chi connectivity index (χ1n) is 8.99. The first kappa shape index (κ1) is 16.1. The van der Waals surface area contributed by atoms with E-state index in [9.17, 15) is 0 Å². The van der Waals surface area contributed by atoms with Crippen LogP contribution in [0, 0.1) is 23.7 Å². The van der Waals surface area contributed by atoms with Crippen LogP contribution >= 0.6 is 0 Å². The maximum Gasteiger partial charge on any atom is 0.0643 e. The van der Waals surface area contributed by atoms with Crippen molar-refractivity contribution in [1.82, 2.24) is 0 Å². The normalized spacial score (nSPS) is 35.5. The van der Waals surface area contributed by atoms with E-state index in [1.165, 1.54) is 64.2 Å². The molecule has 0 heterocycles. The first-order valence-corrected chi connectivity index (χ1v) is 8.99. The van der Waals surface area contributed by atoms with Crippen LogP contribution in [0.25, 0.3) is 0 Å². The van der Waals surface area contributed by atoms with Crippen molar-refractivity contribution in [2.24, 2.45) is 23.7 Å². The minimum atomic E-state index is 0.779. The average molecular weight is 278 g/mol. The topological polar surface area (TPSA) is 9.23 Å². The summed E-state index contributed by atoms with van der Waals surface area (Å²) in [5.74, 6) is 4.00. The SMILES string of the molecule is CCCC1CCC(C2CCC(/C=C/COC)CC2)CC1. The summed E-state index contributed by atoms with van der Waals surface area (Å²) in [6.07, 6.45) is 19.4. The third kappa shape index (κ3) is 4.91. The van der Waals surface area contributed by atoms with Gasteiger partial charge in [0.15, 0.2) is 0 Å². The average Bonchev–Trinajstić information content (AvgIpc) is 2.49. The second kappa shape index (κ2) is 8.87. The van der Waals surface area contributed by atoms with Crippen molar-refractivity contribution < 1.29 is 4.74 Å². The van der Waals surface area contributed by atoms with Crippen LogP contribution < -0.4 is 0 Å². The molecule has 2 fully saturated rings. The van der Waals surface area contributed by atoms with Crippen LogP contribution in [0.4, 0.5) is 0 Å². The Bertz CT molecular complexity index is 267. The Hall–Kier alpha value is -0.300. The smallest absolute Gasteiger partial charge is 0.0643 e. The minimum Gasteiger partial charge on any atom is -0.381 e. The van der Waals surface area contributed by atoms with Gasteiger partial charge in [-0.25, -0.2) is 0 Å². The summed E-state index contributed by atoms with van der Waals surface area (Å²) in [6, 6.07) is 0. The Kier molecular flexibility index (Phi) is 7.13. The Morgan fingerprint density at radius 2 is 1.50 bits per heavy atom. The van der Waals surface area contributed by atoms with Crippen LogP contribution in [0.5, 0.6) is 0 Å². The van der Waals surface area contributed by atoms with Crippen LogP contribution in [0.15, 0.2) is 12.2 Å². The third-order valence-corrected chi connectivity index (χ3v) is 5.74. The molecule has 0 aromatic carbocycles. The highest BCUT2D eigenvalue weighted by atomic mass is 16.5. The van der Waals surface area contributed by atoms with Crippen LogP contribution in [-0.4, -0.2) is 13.7 Å². The van der Waals surface area contributed by atoms with Gasteiger partial charge in [0.05, 0.1) is 6.61 Å². The van der Waals surface area contributed by atoms with Crippen molar-refractivity contribution in [3.8, 4) is 0 Å². The molecule has 0 bridgehead atoms. The molecule has 0 spiro atoms. The lowest BCUT2D eigenvalue weighted by atomic mass is 9.69. The molecule has 0 saturated heterocycles. The summed E-state index contributed by atoms with van der Waals surface area (Å²) in [6.45, 7) is 3.12. The minimum absolute atomic E-state index is 0.779. The van der Waals surface area contributed by atoms with Crippen molar-refractivity contribution in [3.63, 3.8) is 0 Å². The molecule has 2 aliphatic rings. The molecule has 0 aliphatic heterocycles. The predicted octanol–water partition coefficient (Wildman–Crippen LogP) is 5.60. The van der Waals surface area contributed by atoms with E-state index in [-0.39, 0.29) is 0 Å². The van der Waals surface area contributed by atoms with Gasteiger partial charge < -0.3 is 4.74 Å². The molecule has 0 amide bonds. The molecule has 1 heteroatoms. The fourth-order valence-corrected chi connectivity index (χ4v) is 4.51. The molecule has 2 saturated carbocycles. The van der Waals surface area contributed by atoms with Crippen LogP contribution in [-0.2, 0) is 4.74 Å². The fourth-order valence-electron chi connectivity index (χ4n) is 4.51. The molecule has 20 heavy (non-hydrogen) atoms. The van der Waals surface area contributed by atoms with Gasteiger partial charge in [0.2, 0.25) is 0 Å². The molecule has 2 rings (SSSR count). The van der Waals surface area contributed by atoms with Crippen molar-refractivity contribution >= 4 is 0 Å². The molecule has 0 N–H and O–H groups in total. The quantitative estimate of drug-likeness (QED) is 0.574. The number of methoxy groups -OCH3 is 1. The molecule has 116 valence electrons. The second-order valence-corrected chi connectivity index (χ2v) is 7.13. The summed E-state index contributed by atoms with van der Waals surface area (Å²) in [5, 5.41) is 0. The lowest BCUT2D eigenvalue weighted by molar-refractivity contribution is 0.152. The highest BCUT2D eigenvalue weighted by molar-refractivity contribution is 4.92. The third-order valence-electron chi connectivity index (χ3n) is 5.74. The second-order valence-electron chi connectivity index (χ2n) is 7.13. The highest BCUT2D eigenvalue weighted by Gasteiger charge is 2.29. The summed E-state index contributed by atoms with van der Waals surface area (Å²) in [5.41, 5.74) is 0. The van der Waals surface area contributed by atoms with Crippen LogP contribution in [0.2, 0.25) is 0 Å². The lowest BCUT2D eigenvalue weighted by Crippen LogP contribution is -2.25. The van der Waals surface area contributed by atoms with Gasteiger partial charge in [-0.05, 0) is 62.2 Å². The van der Waals surface area contributed by atoms with Crippen molar-refractivity contribution in [3.05, 3.63) is 12.2 Å². The van der Waals surface area contributed by atoms with Crippen LogP contribution in [0.3, 0.4) is 0 Å². The van der Waals surface area contributed by atoms with Gasteiger partial charge in [0, 0.05) is 7.11 Å². The van der Waals surface area contributed by atoms with E-state index in [4.69, 9.17) is 4.74 Å². The lowest BCUT2D eigenvalue weighted by Gasteiger charge is -2.37. The maximum absolute atomic E-state index is 5.09. The molecule has 2 aliphatic carbocycles. The van der Waals surface area contributed by atoms with E-state index in [0.29, 0.717) is 0 Å². The molecular weight excluding hydrogens is 244 g/mol. The Labute approximate surface area is 126 Å². The van der Waals surface area contributed by atoms with Gasteiger partial charge in [-0.2, -0.15) is 0 Å². The van der Waals surface area contributed by atoms with E-state index in [0.717, 1.165) is 30.3 Å². The number of hydrogen-bond acceptors (Lipinski definition) is 1. The van der Waals surface area contributed by atoms with E-state index < -0.39 is 0 Å². The first-order chi connectivity index (χ1) is 9.83. The summed E-state index contributed by atoms with van der Waals surface area (Å²) >= 11 is 0. The van der Waals surface area contributed by atoms with Gasteiger partial charge in [0.1, 0.15) is 0 Å². The van der Waals surface area contributed by atoms with E-state index in [1.807, 2.05) is 0 Å². The molecular formula is C19H34O. The number of ether oxygens (including phenoxy) is 1. The van der Waals surface area contributed by atoms with Gasteiger partial charge in [-0.15, -0.1) is 0 Å². The molecule has 0 aromatic heterocycles. The molecule has 0 atom stereocenters. The number of hydrogen-bond donors (Lipinski definition) is 0. The Morgan fingerprint density at radius 3 is 2.05 bits per heavy atom. The summed E-state index contributed by atoms with van der Waals surface area (Å²) < 4.78 is 5.09. The van der Waals surface area contributed by atoms with Gasteiger partial charge >= 0.3 is 0 Å². The van der Waals surface area contributed by atoms with Gasteiger partial charge in [-0.1, -0.05) is 44.8 Å². The van der Waals surface area contributed by atoms with Crippen LogP contribution in [0.1, 0.15) is 71.1 Å². The predicted molar refractivity (Wildman–Crippen MR) is 86.8 cm³/mol. The standard InChI is InChI=1S/C19H34O/c1-3-5-16-7-11-18(12-8-16)19-13-9-17(10-14-19)6-4-15-20-2/h4,6,16-19H,3,5,7-15H2,1-2H3/b6-4+. The van der Waals surface area contributed by atoms with Gasteiger partial charge in [-0.3, -0.25) is 0 Å². The largest absolute Gasteiger partial charge is 0.381 e. The van der Waals surface area contributed by atoms with Crippen molar-refractivity contribution in [2.75, 3.05) is 13.7 Å². The number of allylic oxidation sites excluding steroid dienone is 1. The molecule has 0 unspecified atom stereocenters. The summed E-state index contributed by atoms with van der Waals surface area (Å²) in [7, 11) is 1.77. The van der Waals surface area contributed by atoms with E-state index in [2.05, 4.69) is 19.1 Å².